The fraction of sp³-hybridized carbons (Fsp3) is 0.308. The SMILES string of the molecule is C=CC(=O)N1CCN(c2nc(NCCC(=O)N(C)C)nc3cc(-c4ccccc4F)c(Cl)cc23)CC1. The zero-order chi connectivity index (χ0) is 25.8. The maximum atomic E-state index is 14.6. The van der Waals surface area contributed by atoms with Crippen LogP contribution in [0.25, 0.3) is 22.0 Å². The van der Waals surface area contributed by atoms with Crippen LogP contribution in [0.3, 0.4) is 0 Å². The molecule has 1 aliphatic rings. The van der Waals surface area contributed by atoms with E-state index in [1.54, 1.807) is 49.3 Å². The minimum atomic E-state index is -0.378. The molecule has 0 radical (unpaired) electrons. The Hall–Kier alpha value is -3.72. The van der Waals surface area contributed by atoms with Crippen LogP contribution < -0.4 is 10.2 Å². The van der Waals surface area contributed by atoms with Crippen LogP contribution in [0.15, 0.2) is 49.1 Å². The first-order valence-electron chi connectivity index (χ1n) is 11.6. The molecule has 1 saturated heterocycles. The van der Waals surface area contributed by atoms with E-state index in [0.717, 1.165) is 5.39 Å². The molecule has 0 aliphatic carbocycles. The van der Waals surface area contributed by atoms with Gasteiger partial charge in [0.25, 0.3) is 0 Å². The molecular weight excluding hydrogens is 483 g/mol. The van der Waals surface area contributed by atoms with Crippen molar-refractivity contribution in [2.24, 2.45) is 0 Å². The molecule has 1 aliphatic heterocycles. The Morgan fingerprint density at radius 3 is 2.53 bits per heavy atom. The van der Waals surface area contributed by atoms with Crippen molar-refractivity contribution in [1.82, 2.24) is 19.8 Å². The predicted octanol–water partition coefficient (Wildman–Crippen LogP) is 3.81. The van der Waals surface area contributed by atoms with E-state index in [1.807, 2.05) is 0 Å². The van der Waals surface area contributed by atoms with Crippen LogP contribution in [0.1, 0.15) is 6.42 Å². The van der Waals surface area contributed by atoms with Crippen LogP contribution in [0.2, 0.25) is 5.02 Å². The average molecular weight is 511 g/mol. The van der Waals surface area contributed by atoms with Gasteiger partial charge in [-0.05, 0) is 24.3 Å². The molecule has 1 fully saturated rings. The minimum Gasteiger partial charge on any atom is -0.354 e. The third-order valence-electron chi connectivity index (χ3n) is 6.11. The summed E-state index contributed by atoms with van der Waals surface area (Å²) >= 11 is 6.63. The smallest absolute Gasteiger partial charge is 0.246 e. The molecule has 2 heterocycles. The van der Waals surface area contributed by atoms with Gasteiger partial charge in [0.1, 0.15) is 11.6 Å². The maximum Gasteiger partial charge on any atom is 0.246 e. The number of carbonyl (C=O) groups excluding carboxylic acids is 2. The number of aromatic nitrogens is 2. The van der Waals surface area contributed by atoms with Crippen LogP contribution in [0.5, 0.6) is 0 Å². The Balaban J connectivity index is 1.72. The average Bonchev–Trinajstić information content (AvgIpc) is 2.88. The summed E-state index contributed by atoms with van der Waals surface area (Å²) in [5, 5.41) is 4.25. The first-order chi connectivity index (χ1) is 17.3. The number of nitrogens with zero attached hydrogens (tertiary/aromatic N) is 5. The van der Waals surface area contributed by atoms with Crippen molar-refractivity contribution in [1.29, 1.82) is 0 Å². The van der Waals surface area contributed by atoms with Gasteiger partial charge in [0.2, 0.25) is 17.8 Å². The fourth-order valence-corrected chi connectivity index (χ4v) is 4.38. The largest absolute Gasteiger partial charge is 0.354 e. The number of hydrogen-bond donors (Lipinski definition) is 1. The summed E-state index contributed by atoms with van der Waals surface area (Å²) in [4.78, 5) is 38.7. The molecule has 2 amide bonds. The van der Waals surface area contributed by atoms with E-state index in [9.17, 15) is 14.0 Å². The van der Waals surface area contributed by atoms with Crippen molar-refractivity contribution in [2.75, 3.05) is 57.0 Å². The van der Waals surface area contributed by atoms with Crippen molar-refractivity contribution in [3.8, 4) is 11.1 Å². The van der Waals surface area contributed by atoms with Crippen LogP contribution in [-0.2, 0) is 9.59 Å². The molecule has 4 rings (SSSR count). The lowest BCUT2D eigenvalue weighted by Gasteiger charge is -2.35. The van der Waals surface area contributed by atoms with E-state index in [0.29, 0.717) is 66.2 Å². The summed E-state index contributed by atoms with van der Waals surface area (Å²) in [6.45, 7) is 6.11. The van der Waals surface area contributed by atoms with Gasteiger partial charge in [0.15, 0.2) is 0 Å². The normalized spacial score (nSPS) is 13.6. The lowest BCUT2D eigenvalue weighted by atomic mass is 10.0. The van der Waals surface area contributed by atoms with E-state index in [2.05, 4.69) is 21.8 Å². The van der Waals surface area contributed by atoms with E-state index in [-0.39, 0.29) is 24.1 Å². The molecule has 0 atom stereocenters. The highest BCUT2D eigenvalue weighted by atomic mass is 35.5. The molecule has 0 saturated carbocycles. The monoisotopic (exact) mass is 510 g/mol. The number of hydrogen-bond acceptors (Lipinski definition) is 6. The highest BCUT2D eigenvalue weighted by Gasteiger charge is 2.24. The van der Waals surface area contributed by atoms with E-state index >= 15 is 0 Å². The number of piperazine rings is 1. The van der Waals surface area contributed by atoms with Crippen LogP contribution in [0.4, 0.5) is 16.2 Å². The van der Waals surface area contributed by atoms with Crippen LogP contribution in [-0.4, -0.2) is 78.4 Å². The van der Waals surface area contributed by atoms with Crippen molar-refractivity contribution in [2.45, 2.75) is 6.42 Å². The van der Waals surface area contributed by atoms with Gasteiger partial charge < -0.3 is 20.0 Å². The second-order valence-corrected chi connectivity index (χ2v) is 9.09. The number of nitrogens with one attached hydrogen (secondary N) is 1. The molecular formula is C26H28ClFN6O2. The van der Waals surface area contributed by atoms with E-state index in [1.165, 1.54) is 17.0 Å². The predicted molar refractivity (Wildman–Crippen MR) is 141 cm³/mol. The lowest BCUT2D eigenvalue weighted by Crippen LogP contribution is -2.48. The Bertz CT molecular complexity index is 1310. The number of benzene rings is 2. The topological polar surface area (TPSA) is 81.7 Å². The first-order valence-corrected chi connectivity index (χ1v) is 12.0. The summed E-state index contributed by atoms with van der Waals surface area (Å²) in [7, 11) is 3.41. The number of carbonyl (C=O) groups is 2. The Morgan fingerprint density at radius 1 is 1.14 bits per heavy atom. The molecule has 0 spiro atoms. The summed E-state index contributed by atoms with van der Waals surface area (Å²) in [6, 6.07) is 9.96. The third-order valence-corrected chi connectivity index (χ3v) is 6.43. The molecule has 10 heteroatoms. The molecule has 8 nitrogen and oxygen atoms in total. The maximum absolute atomic E-state index is 14.6. The second kappa shape index (κ2) is 10.9. The standard InChI is InChI=1S/C26H28ClFN6O2/c1-4-23(35)33-11-13-34(14-12-33)25-19-15-20(27)18(17-7-5-6-8-21(17)28)16-22(19)30-26(31-25)29-10-9-24(36)32(2)3/h4-8,15-16H,1,9-14H2,2-3H3,(H,29,30,31). The number of fused-ring (bicyclic) bond motifs is 1. The molecule has 2 aromatic carbocycles. The minimum absolute atomic E-state index is 0.0138. The summed E-state index contributed by atoms with van der Waals surface area (Å²) in [5.41, 5.74) is 1.50. The van der Waals surface area contributed by atoms with E-state index < -0.39 is 0 Å². The highest BCUT2D eigenvalue weighted by Crippen LogP contribution is 2.36. The van der Waals surface area contributed by atoms with Crippen molar-refractivity contribution >= 4 is 46.1 Å². The zero-order valence-electron chi connectivity index (χ0n) is 20.3. The van der Waals surface area contributed by atoms with Crippen molar-refractivity contribution in [3.05, 3.63) is 59.9 Å². The molecule has 0 bridgehead atoms. The van der Waals surface area contributed by atoms with Crippen LogP contribution in [0, 0.1) is 5.82 Å². The second-order valence-electron chi connectivity index (χ2n) is 8.68. The van der Waals surface area contributed by atoms with Gasteiger partial charge in [-0.3, -0.25) is 9.59 Å². The fourth-order valence-electron chi connectivity index (χ4n) is 4.11. The molecule has 0 unspecified atom stereocenters. The summed E-state index contributed by atoms with van der Waals surface area (Å²) in [5.74, 6) is 0.522. The van der Waals surface area contributed by atoms with Gasteiger partial charge in [0, 0.05) is 74.8 Å². The molecule has 3 aromatic rings. The first kappa shape index (κ1) is 25.4. The third kappa shape index (κ3) is 5.41. The van der Waals surface area contributed by atoms with Gasteiger partial charge in [-0.2, -0.15) is 4.98 Å². The number of halogens is 2. The number of amides is 2. The lowest BCUT2D eigenvalue weighted by molar-refractivity contribution is -0.128. The molecule has 36 heavy (non-hydrogen) atoms. The summed E-state index contributed by atoms with van der Waals surface area (Å²) in [6.07, 6.45) is 1.60. The Labute approximate surface area is 214 Å². The van der Waals surface area contributed by atoms with Gasteiger partial charge in [-0.25, -0.2) is 9.37 Å². The van der Waals surface area contributed by atoms with Crippen LogP contribution >= 0.6 is 11.6 Å². The van der Waals surface area contributed by atoms with Gasteiger partial charge in [0.05, 0.1) is 5.52 Å². The van der Waals surface area contributed by atoms with Crippen molar-refractivity contribution < 1.29 is 14.0 Å². The van der Waals surface area contributed by atoms with Gasteiger partial charge in [-0.15, -0.1) is 0 Å². The quantitative estimate of drug-likeness (QED) is 0.487. The molecule has 1 aromatic heterocycles. The highest BCUT2D eigenvalue weighted by molar-refractivity contribution is 6.34. The molecule has 1 N–H and O–H groups in total. The number of rotatable bonds is 7. The van der Waals surface area contributed by atoms with Crippen molar-refractivity contribution in [3.63, 3.8) is 0 Å². The molecule has 188 valence electrons. The summed E-state index contributed by atoms with van der Waals surface area (Å²) < 4.78 is 14.6. The van der Waals surface area contributed by atoms with E-state index in [4.69, 9.17) is 16.6 Å². The Kier molecular flexibility index (Phi) is 7.69. The van der Waals surface area contributed by atoms with Gasteiger partial charge >= 0.3 is 0 Å². The zero-order valence-corrected chi connectivity index (χ0v) is 21.1. The Morgan fingerprint density at radius 2 is 1.86 bits per heavy atom. The number of anilines is 2. The van der Waals surface area contributed by atoms with Gasteiger partial charge in [-0.1, -0.05) is 36.4 Å².